The molecule has 0 saturated heterocycles. The topological polar surface area (TPSA) is 78.4 Å². The molecule has 0 bridgehead atoms. The van der Waals surface area contributed by atoms with E-state index in [2.05, 4.69) is 10.6 Å². The van der Waals surface area contributed by atoms with Gasteiger partial charge in [0.25, 0.3) is 5.91 Å². The number of phenolic OH excluding ortho intramolecular Hbond substituents is 1. The first-order valence-corrected chi connectivity index (χ1v) is 7.18. The minimum absolute atomic E-state index is 0.0398. The van der Waals surface area contributed by atoms with Crippen LogP contribution in [0.25, 0.3) is 0 Å². The van der Waals surface area contributed by atoms with E-state index in [1.165, 1.54) is 0 Å². The molecule has 21 heavy (non-hydrogen) atoms. The highest BCUT2D eigenvalue weighted by Gasteiger charge is 2.20. The van der Waals surface area contributed by atoms with Crippen molar-refractivity contribution in [1.29, 1.82) is 0 Å². The standard InChI is InChI=1S/C16H24N2O3/c1-6-10(3)17-15(20)12(5)18-16(21)13-8-7-9(2)11(4)14(13)19/h7-8,10,12,19H,6H2,1-5H3,(H,17,20)(H,18,21). The Morgan fingerprint density at radius 1 is 1.19 bits per heavy atom. The zero-order valence-electron chi connectivity index (χ0n) is 13.3. The molecule has 0 fully saturated rings. The smallest absolute Gasteiger partial charge is 0.255 e. The molecule has 0 aliphatic rings. The minimum Gasteiger partial charge on any atom is -0.507 e. The van der Waals surface area contributed by atoms with Crippen LogP contribution in [0.5, 0.6) is 5.75 Å². The van der Waals surface area contributed by atoms with Crippen LogP contribution in [-0.2, 0) is 4.79 Å². The van der Waals surface area contributed by atoms with Crippen LogP contribution in [0, 0.1) is 13.8 Å². The molecule has 0 saturated carbocycles. The SMILES string of the molecule is CCC(C)NC(=O)C(C)NC(=O)c1ccc(C)c(C)c1O. The lowest BCUT2D eigenvalue weighted by atomic mass is 10.0. The van der Waals surface area contributed by atoms with Crippen molar-refractivity contribution in [3.05, 3.63) is 28.8 Å². The number of benzene rings is 1. The summed E-state index contributed by atoms with van der Waals surface area (Å²) in [6.45, 7) is 9.11. The molecule has 0 radical (unpaired) electrons. The molecule has 2 unspecified atom stereocenters. The summed E-state index contributed by atoms with van der Waals surface area (Å²) in [7, 11) is 0. The first kappa shape index (κ1) is 17.0. The molecule has 1 rings (SSSR count). The average molecular weight is 292 g/mol. The number of carbonyl (C=O) groups is 2. The van der Waals surface area contributed by atoms with Crippen LogP contribution in [0.1, 0.15) is 48.7 Å². The van der Waals surface area contributed by atoms with Crippen LogP contribution in [-0.4, -0.2) is 29.0 Å². The first-order chi connectivity index (χ1) is 9.77. The summed E-state index contributed by atoms with van der Waals surface area (Å²) in [5.41, 5.74) is 1.76. The molecule has 2 atom stereocenters. The van der Waals surface area contributed by atoms with Crippen LogP contribution in [0.15, 0.2) is 12.1 Å². The number of hydrogen-bond donors (Lipinski definition) is 3. The minimum atomic E-state index is -0.660. The van der Waals surface area contributed by atoms with Crippen molar-refractivity contribution in [3.63, 3.8) is 0 Å². The molecule has 0 heterocycles. The fourth-order valence-electron chi connectivity index (χ4n) is 1.79. The van der Waals surface area contributed by atoms with E-state index in [1.807, 2.05) is 20.8 Å². The van der Waals surface area contributed by atoms with Gasteiger partial charge in [0.2, 0.25) is 5.91 Å². The lowest BCUT2D eigenvalue weighted by molar-refractivity contribution is -0.123. The zero-order chi connectivity index (χ0) is 16.2. The van der Waals surface area contributed by atoms with E-state index >= 15 is 0 Å². The molecular weight excluding hydrogens is 268 g/mol. The van der Waals surface area contributed by atoms with Crippen molar-refractivity contribution in [2.24, 2.45) is 0 Å². The molecule has 1 aromatic rings. The predicted octanol–water partition coefficient (Wildman–Crippen LogP) is 2.04. The second-order valence-corrected chi connectivity index (χ2v) is 5.42. The summed E-state index contributed by atoms with van der Waals surface area (Å²) in [6.07, 6.45) is 0.824. The quantitative estimate of drug-likeness (QED) is 0.777. The number of rotatable bonds is 5. The lowest BCUT2D eigenvalue weighted by Crippen LogP contribution is -2.47. The summed E-state index contributed by atoms with van der Waals surface area (Å²) in [5, 5.41) is 15.4. The number of phenols is 1. The van der Waals surface area contributed by atoms with E-state index < -0.39 is 11.9 Å². The predicted molar refractivity (Wildman–Crippen MR) is 82.4 cm³/mol. The van der Waals surface area contributed by atoms with Crippen LogP contribution in [0.3, 0.4) is 0 Å². The van der Waals surface area contributed by atoms with Crippen molar-refractivity contribution < 1.29 is 14.7 Å². The van der Waals surface area contributed by atoms with Crippen molar-refractivity contribution in [1.82, 2.24) is 10.6 Å². The number of aryl methyl sites for hydroxylation is 1. The van der Waals surface area contributed by atoms with Gasteiger partial charge < -0.3 is 15.7 Å². The Hall–Kier alpha value is -2.04. The summed E-state index contributed by atoms with van der Waals surface area (Å²) in [4.78, 5) is 24.0. The first-order valence-electron chi connectivity index (χ1n) is 7.18. The normalized spacial score (nSPS) is 13.4. The lowest BCUT2D eigenvalue weighted by Gasteiger charge is -2.18. The Bertz CT molecular complexity index is 541. The zero-order valence-corrected chi connectivity index (χ0v) is 13.3. The van der Waals surface area contributed by atoms with Gasteiger partial charge >= 0.3 is 0 Å². The van der Waals surface area contributed by atoms with Gasteiger partial charge in [-0.25, -0.2) is 0 Å². The van der Waals surface area contributed by atoms with Gasteiger partial charge in [0.1, 0.15) is 11.8 Å². The molecule has 5 nitrogen and oxygen atoms in total. The van der Waals surface area contributed by atoms with E-state index in [4.69, 9.17) is 0 Å². The van der Waals surface area contributed by atoms with Crippen molar-refractivity contribution in [2.45, 2.75) is 53.1 Å². The Morgan fingerprint density at radius 2 is 1.81 bits per heavy atom. The van der Waals surface area contributed by atoms with Gasteiger partial charge in [-0.2, -0.15) is 0 Å². The summed E-state index contributed by atoms with van der Waals surface area (Å²) < 4.78 is 0. The maximum absolute atomic E-state index is 12.1. The number of carbonyl (C=O) groups excluding carboxylic acids is 2. The van der Waals surface area contributed by atoms with Gasteiger partial charge in [0.15, 0.2) is 0 Å². The third-order valence-electron chi connectivity index (χ3n) is 3.69. The Labute approximate surface area is 125 Å². The molecule has 3 N–H and O–H groups in total. The fourth-order valence-corrected chi connectivity index (χ4v) is 1.79. The molecule has 116 valence electrons. The van der Waals surface area contributed by atoms with Gasteiger partial charge in [-0.15, -0.1) is 0 Å². The number of amides is 2. The maximum atomic E-state index is 12.1. The van der Waals surface area contributed by atoms with Crippen LogP contribution in [0.4, 0.5) is 0 Å². The van der Waals surface area contributed by atoms with Gasteiger partial charge in [-0.05, 0) is 51.3 Å². The number of nitrogens with one attached hydrogen (secondary N) is 2. The second kappa shape index (κ2) is 7.11. The highest BCUT2D eigenvalue weighted by Crippen LogP contribution is 2.24. The Balaban J connectivity index is 2.78. The van der Waals surface area contributed by atoms with E-state index in [1.54, 1.807) is 26.0 Å². The van der Waals surface area contributed by atoms with Gasteiger partial charge in [0.05, 0.1) is 5.56 Å². The second-order valence-electron chi connectivity index (χ2n) is 5.42. The third kappa shape index (κ3) is 4.21. The van der Waals surface area contributed by atoms with E-state index in [0.717, 1.165) is 12.0 Å². The number of hydrogen-bond acceptors (Lipinski definition) is 3. The van der Waals surface area contributed by atoms with E-state index in [0.29, 0.717) is 5.56 Å². The maximum Gasteiger partial charge on any atom is 0.255 e. The molecule has 5 heteroatoms. The third-order valence-corrected chi connectivity index (χ3v) is 3.69. The molecule has 1 aromatic carbocycles. The summed E-state index contributed by atoms with van der Waals surface area (Å²) in [6, 6.07) is 2.74. The van der Waals surface area contributed by atoms with Crippen LogP contribution in [0.2, 0.25) is 0 Å². The van der Waals surface area contributed by atoms with Gasteiger partial charge in [0, 0.05) is 6.04 Å². The molecule has 0 spiro atoms. The van der Waals surface area contributed by atoms with Gasteiger partial charge in [-0.3, -0.25) is 9.59 Å². The van der Waals surface area contributed by atoms with Crippen molar-refractivity contribution in [3.8, 4) is 5.75 Å². The highest BCUT2D eigenvalue weighted by molar-refractivity contribution is 5.99. The average Bonchev–Trinajstić information content (AvgIpc) is 2.44. The molecular formula is C16H24N2O3. The largest absolute Gasteiger partial charge is 0.507 e. The monoisotopic (exact) mass is 292 g/mol. The number of aromatic hydroxyl groups is 1. The summed E-state index contributed by atoms with van der Waals surface area (Å²) >= 11 is 0. The van der Waals surface area contributed by atoms with E-state index in [9.17, 15) is 14.7 Å². The van der Waals surface area contributed by atoms with Crippen molar-refractivity contribution >= 4 is 11.8 Å². The Morgan fingerprint density at radius 3 is 2.38 bits per heavy atom. The van der Waals surface area contributed by atoms with Crippen molar-refractivity contribution in [2.75, 3.05) is 0 Å². The molecule has 0 aromatic heterocycles. The highest BCUT2D eigenvalue weighted by atomic mass is 16.3. The van der Waals surface area contributed by atoms with Crippen LogP contribution >= 0.6 is 0 Å². The Kier molecular flexibility index (Phi) is 5.76. The van der Waals surface area contributed by atoms with Gasteiger partial charge in [-0.1, -0.05) is 13.0 Å². The molecule has 0 aliphatic carbocycles. The fraction of sp³-hybridized carbons (Fsp3) is 0.500. The van der Waals surface area contributed by atoms with Crippen LogP contribution < -0.4 is 10.6 Å². The summed E-state index contributed by atoms with van der Waals surface area (Å²) in [5.74, 6) is -0.731. The van der Waals surface area contributed by atoms with E-state index in [-0.39, 0.29) is 23.3 Å². The molecule has 2 amide bonds. The molecule has 0 aliphatic heterocycles.